The van der Waals surface area contributed by atoms with Crippen LogP contribution in [0.25, 0.3) is 0 Å². The summed E-state index contributed by atoms with van der Waals surface area (Å²) in [4.78, 5) is 0. The van der Waals surface area contributed by atoms with Crippen LogP contribution in [0.1, 0.15) is 0 Å². The molecule has 0 aromatic carbocycles. The number of rotatable bonds is 0. The van der Waals surface area contributed by atoms with E-state index in [0.29, 0.717) is 0 Å². The van der Waals surface area contributed by atoms with Gasteiger partial charge in [-0.2, -0.15) is 0 Å². The third-order valence-corrected chi connectivity index (χ3v) is 0. The second-order valence-electron chi connectivity index (χ2n) is 0.0816. The van der Waals surface area contributed by atoms with Crippen LogP contribution in [0.4, 0.5) is 0 Å². The Balaban J connectivity index is -0.00000000567. The highest BCUT2D eigenvalue weighted by atomic mass is 17.4. The van der Waals surface area contributed by atoms with Crippen LogP contribution in [-0.4, -0.2) is 37.5 Å². The molecule has 0 aliphatic rings. The lowest BCUT2D eigenvalue weighted by Crippen LogP contribution is -1.60. The Bertz CT molecular complexity index is 0. The molecule has 8 heteroatoms. The molecule has 0 heterocycles. The van der Waals surface area contributed by atoms with Gasteiger partial charge in [0.15, 0.2) is 0 Å². The fourth-order valence-corrected chi connectivity index (χ4v) is 0. The molecule has 8 nitrogen and oxygen atoms in total. The average molecular weight is 138 g/mol. The molecule has 0 unspecified atom stereocenters. The fourth-order valence-electron chi connectivity index (χ4n) is 0. The zero-order valence-corrected chi connectivity index (χ0v) is 3.70. The van der Waals surface area contributed by atoms with Gasteiger partial charge in [0.1, 0.15) is 0 Å². The van der Waals surface area contributed by atoms with Crippen molar-refractivity contribution in [2.75, 3.05) is 0 Å². The highest BCUT2D eigenvalue weighted by Crippen LogP contribution is 1.24. The van der Waals surface area contributed by atoms with Gasteiger partial charge in [-0.25, -0.2) is 10.5 Å². The van der Waals surface area contributed by atoms with Crippen LogP contribution in [0.5, 0.6) is 0 Å². The molecule has 0 aliphatic heterocycles. The second kappa shape index (κ2) is 466. The van der Waals surface area contributed by atoms with E-state index < -0.39 is 0 Å². The summed E-state index contributed by atoms with van der Waals surface area (Å²) >= 11 is 0. The summed E-state index contributed by atoms with van der Waals surface area (Å²) < 4.78 is 0. The van der Waals surface area contributed by atoms with Gasteiger partial charge in [-0.15, -0.1) is 0 Å². The van der Waals surface area contributed by atoms with Crippen molar-refractivity contribution in [1.29, 1.82) is 0 Å². The van der Waals surface area contributed by atoms with E-state index in [2.05, 4.69) is 5.04 Å². The highest BCUT2D eigenvalue weighted by Gasteiger charge is 1.27. The molecule has 0 aromatic heterocycles. The minimum atomic E-state index is 0. The summed E-state index contributed by atoms with van der Waals surface area (Å²) in [5.41, 5.74) is 0. The lowest BCUT2D eigenvalue weighted by atomic mass is 14.6. The fraction of sp³-hybridized carbons (Fsp3) is 0. The van der Waals surface area contributed by atoms with Crippen LogP contribution in [0, 0.1) is 0 Å². The molecular formula is H10O8. The van der Waals surface area contributed by atoms with Crippen molar-refractivity contribution in [3.63, 3.8) is 0 Å². The molecule has 0 aromatic rings. The molecule has 10 N–H and O–H groups in total. The molecule has 0 fully saturated rings. The third-order valence-electron chi connectivity index (χ3n) is 0. The largest absolute Gasteiger partial charge is 0.412 e. The van der Waals surface area contributed by atoms with Crippen LogP contribution < -0.4 is 0 Å². The molecule has 8 heavy (non-hydrogen) atoms. The number of hydrogen-bond donors (Lipinski definition) is 4. The van der Waals surface area contributed by atoms with Crippen LogP contribution in [0.15, 0.2) is 0 Å². The normalized spacial score (nSPS) is 3.00. The van der Waals surface area contributed by atoms with E-state index in [1.54, 1.807) is 0 Å². The monoisotopic (exact) mass is 138 g/mol. The maximum absolute atomic E-state index is 6.62. The first-order valence-corrected chi connectivity index (χ1v) is 0.565. The van der Waals surface area contributed by atoms with Crippen molar-refractivity contribution in [2.24, 2.45) is 0 Å². The van der Waals surface area contributed by atoms with Crippen LogP contribution in [0.3, 0.4) is 0 Å². The molecule has 0 spiro atoms. The zero-order chi connectivity index (χ0) is 4.71. The molecular weight excluding hydrogens is 128 g/mol. The van der Waals surface area contributed by atoms with Crippen LogP contribution in [-0.2, 0) is 5.04 Å². The van der Waals surface area contributed by atoms with Crippen LogP contribution in [0.2, 0.25) is 0 Å². The highest BCUT2D eigenvalue weighted by molar-refractivity contribution is 2.38. The maximum Gasteiger partial charge on any atom is -0.0737 e. The van der Waals surface area contributed by atoms with Crippen molar-refractivity contribution in [3.05, 3.63) is 0 Å². The van der Waals surface area contributed by atoms with Gasteiger partial charge in [0.2, 0.25) is 0 Å². The summed E-state index contributed by atoms with van der Waals surface area (Å²) in [6.07, 6.45) is 0. The van der Waals surface area contributed by atoms with Crippen molar-refractivity contribution in [1.82, 2.24) is 0 Å². The predicted octanol–water partition coefficient (Wildman–Crippen LogP) is -2.51. The smallest absolute Gasteiger partial charge is 0.0737 e. The zero-order valence-electron chi connectivity index (χ0n) is 3.70. The summed E-state index contributed by atoms with van der Waals surface area (Å²) in [5, 5.41) is 27.5. The number of hydrogen-bond acceptors (Lipinski definition) is 5. The first-order valence-electron chi connectivity index (χ1n) is 0.565. The van der Waals surface area contributed by atoms with E-state index in [0.717, 1.165) is 0 Å². The Morgan fingerprint density at radius 3 is 0.750 bits per heavy atom. The van der Waals surface area contributed by atoms with E-state index in [4.69, 9.17) is 21.0 Å². The molecule has 0 bridgehead atoms. The van der Waals surface area contributed by atoms with Gasteiger partial charge in [-0.1, -0.05) is 5.04 Å². The first kappa shape index (κ1) is 47.7. The molecule has 0 saturated carbocycles. The van der Waals surface area contributed by atoms with E-state index in [1.165, 1.54) is 0 Å². The van der Waals surface area contributed by atoms with E-state index in [-0.39, 0.29) is 16.4 Å². The third kappa shape index (κ3) is 1210. The van der Waals surface area contributed by atoms with Gasteiger partial charge in [-0.05, 0) is 0 Å². The molecule has 0 rings (SSSR count). The Morgan fingerprint density at radius 2 is 0.750 bits per heavy atom. The van der Waals surface area contributed by atoms with Crippen molar-refractivity contribution < 1.29 is 42.5 Å². The van der Waals surface area contributed by atoms with Gasteiger partial charge in [0, 0.05) is 0 Å². The molecule has 0 amide bonds. The molecule has 58 valence electrons. The molecule has 0 radical (unpaired) electrons. The Labute approximate surface area is 43.9 Å². The van der Waals surface area contributed by atoms with Gasteiger partial charge in [0.05, 0.1) is 0 Å². The summed E-state index contributed by atoms with van der Waals surface area (Å²) in [7, 11) is 0. The Morgan fingerprint density at radius 1 is 0.750 bits per heavy atom. The Hall–Kier alpha value is -0.320. The predicted molar refractivity (Wildman–Crippen MR) is 22.4 cm³/mol. The van der Waals surface area contributed by atoms with Crippen molar-refractivity contribution in [2.45, 2.75) is 0 Å². The van der Waals surface area contributed by atoms with Gasteiger partial charge >= 0.3 is 0 Å². The van der Waals surface area contributed by atoms with Crippen molar-refractivity contribution in [3.8, 4) is 0 Å². The topological polar surface area (TPSA) is 185 Å². The van der Waals surface area contributed by atoms with Crippen molar-refractivity contribution >= 4 is 0 Å². The lowest BCUT2D eigenvalue weighted by molar-refractivity contribution is -0.465. The minimum Gasteiger partial charge on any atom is -0.412 e. The second-order valence-corrected chi connectivity index (χ2v) is 0.0816. The Kier molecular flexibility index (Phi) is 2780. The molecule has 0 atom stereocenters. The summed E-state index contributed by atoms with van der Waals surface area (Å²) in [5.74, 6) is 0. The minimum absolute atomic E-state index is 0. The van der Waals surface area contributed by atoms with E-state index in [1.807, 2.05) is 0 Å². The first-order chi connectivity index (χ1) is 2.41. The van der Waals surface area contributed by atoms with Gasteiger partial charge < -0.3 is 16.4 Å². The van der Waals surface area contributed by atoms with Gasteiger partial charge in [-0.3, -0.25) is 10.5 Å². The van der Waals surface area contributed by atoms with Gasteiger partial charge in [0.25, 0.3) is 0 Å². The lowest BCUT2D eigenvalue weighted by Gasteiger charge is -1.56. The van der Waals surface area contributed by atoms with E-state index in [9.17, 15) is 0 Å². The quantitative estimate of drug-likeness (QED) is 0.212. The van der Waals surface area contributed by atoms with E-state index >= 15 is 0 Å². The summed E-state index contributed by atoms with van der Waals surface area (Å²) in [6, 6.07) is 0. The van der Waals surface area contributed by atoms with Crippen LogP contribution >= 0.6 is 0 Å². The molecule has 0 aliphatic carbocycles. The standard InChI is InChI=1S/H2O3.H2O2.3H2O/c1-3-2;1-2;;;/h1-2H;1-2H;3*1H2. The SMILES string of the molecule is O.O.O.OO.OOO. The average Bonchev–Trinajstić information content (AvgIpc) is 1.46. The maximum atomic E-state index is 6.62. The molecule has 0 saturated heterocycles. The summed E-state index contributed by atoms with van der Waals surface area (Å²) in [6.45, 7) is 0.